The summed E-state index contributed by atoms with van der Waals surface area (Å²) in [6.07, 6.45) is 1.55. The summed E-state index contributed by atoms with van der Waals surface area (Å²) in [4.78, 5) is 4.09. The van der Waals surface area contributed by atoms with E-state index in [2.05, 4.69) is 4.98 Å². The Bertz CT molecular complexity index is 560. The van der Waals surface area contributed by atoms with Crippen molar-refractivity contribution in [2.24, 2.45) is 0 Å². The molecule has 2 rings (SSSR count). The second-order valence-corrected chi connectivity index (χ2v) is 3.74. The number of halogens is 2. The number of phenolic OH excluding ortho intramolecular Hbond substituents is 1. The molecule has 2 aromatic rings. The van der Waals surface area contributed by atoms with E-state index in [1.165, 1.54) is 13.2 Å². The first kappa shape index (κ1) is 11.7. The molecule has 1 aromatic carbocycles. The first-order chi connectivity index (χ1) is 8.13. The molecular weight excluding hydrogens is 245 g/mol. The number of methoxy groups -OCH3 is 1. The number of rotatable bonds is 2. The molecular formula is C12H9ClFNO2. The summed E-state index contributed by atoms with van der Waals surface area (Å²) in [6, 6.07) is 5.66. The molecule has 0 spiro atoms. The molecule has 0 saturated heterocycles. The number of phenols is 1. The predicted octanol–water partition coefficient (Wildman–Crippen LogP) is 3.26. The average molecular weight is 254 g/mol. The molecule has 0 unspecified atom stereocenters. The van der Waals surface area contributed by atoms with Crippen molar-refractivity contribution in [3.63, 3.8) is 0 Å². The van der Waals surface area contributed by atoms with Gasteiger partial charge in [-0.1, -0.05) is 11.6 Å². The molecule has 88 valence electrons. The standard InChI is InChI=1S/C12H9ClFNO2/c1-17-11-3-2-4-15-12(11)7-5-8(13)9(14)6-10(7)16/h2-6,16H,1H3. The average Bonchev–Trinajstić information content (AvgIpc) is 2.34. The number of aromatic nitrogens is 1. The Morgan fingerprint density at radius 2 is 2.18 bits per heavy atom. The van der Waals surface area contributed by atoms with Crippen molar-refractivity contribution in [2.45, 2.75) is 0 Å². The van der Waals surface area contributed by atoms with Crippen LogP contribution in [0.4, 0.5) is 4.39 Å². The van der Waals surface area contributed by atoms with Gasteiger partial charge < -0.3 is 9.84 Å². The lowest BCUT2D eigenvalue weighted by Gasteiger charge is -2.09. The monoisotopic (exact) mass is 253 g/mol. The van der Waals surface area contributed by atoms with Gasteiger partial charge in [0.15, 0.2) is 0 Å². The van der Waals surface area contributed by atoms with Crippen molar-refractivity contribution in [3.05, 3.63) is 41.3 Å². The zero-order valence-electron chi connectivity index (χ0n) is 8.95. The zero-order valence-corrected chi connectivity index (χ0v) is 9.70. The number of pyridine rings is 1. The van der Waals surface area contributed by atoms with Gasteiger partial charge in [-0.25, -0.2) is 4.39 Å². The van der Waals surface area contributed by atoms with Crippen LogP contribution in [0.15, 0.2) is 30.5 Å². The molecule has 17 heavy (non-hydrogen) atoms. The maximum atomic E-state index is 13.1. The third kappa shape index (κ3) is 2.17. The third-order valence-electron chi connectivity index (χ3n) is 2.28. The molecule has 5 heteroatoms. The van der Waals surface area contributed by atoms with Gasteiger partial charge in [0.1, 0.15) is 23.0 Å². The molecule has 0 amide bonds. The maximum absolute atomic E-state index is 13.1. The lowest BCUT2D eigenvalue weighted by molar-refractivity contribution is 0.414. The SMILES string of the molecule is COc1cccnc1-c1cc(Cl)c(F)cc1O. The molecule has 1 heterocycles. The molecule has 0 atom stereocenters. The molecule has 0 radical (unpaired) electrons. The van der Waals surface area contributed by atoms with Crippen LogP contribution in [0.2, 0.25) is 5.02 Å². The highest BCUT2D eigenvalue weighted by molar-refractivity contribution is 6.31. The van der Waals surface area contributed by atoms with Gasteiger partial charge in [-0.15, -0.1) is 0 Å². The zero-order chi connectivity index (χ0) is 12.4. The topological polar surface area (TPSA) is 42.4 Å². The molecule has 0 aliphatic rings. The number of nitrogens with zero attached hydrogens (tertiary/aromatic N) is 1. The highest BCUT2D eigenvalue weighted by Gasteiger charge is 2.14. The number of hydrogen-bond donors (Lipinski definition) is 1. The lowest BCUT2D eigenvalue weighted by atomic mass is 10.1. The van der Waals surface area contributed by atoms with Crippen molar-refractivity contribution in [3.8, 4) is 22.8 Å². The summed E-state index contributed by atoms with van der Waals surface area (Å²) < 4.78 is 18.2. The number of hydrogen-bond acceptors (Lipinski definition) is 3. The van der Waals surface area contributed by atoms with Gasteiger partial charge in [-0.3, -0.25) is 4.98 Å². The Morgan fingerprint density at radius 1 is 1.41 bits per heavy atom. The van der Waals surface area contributed by atoms with Gasteiger partial charge in [0, 0.05) is 17.8 Å². The largest absolute Gasteiger partial charge is 0.507 e. The van der Waals surface area contributed by atoms with Gasteiger partial charge in [-0.05, 0) is 18.2 Å². The minimum atomic E-state index is -0.678. The Kier molecular flexibility index (Phi) is 3.15. The normalized spacial score (nSPS) is 10.3. The summed E-state index contributed by atoms with van der Waals surface area (Å²) >= 11 is 5.68. The predicted molar refractivity (Wildman–Crippen MR) is 62.9 cm³/mol. The van der Waals surface area contributed by atoms with E-state index in [-0.39, 0.29) is 10.8 Å². The minimum absolute atomic E-state index is 0.0782. The van der Waals surface area contributed by atoms with Crippen LogP contribution in [0.5, 0.6) is 11.5 Å². The summed E-state index contributed by atoms with van der Waals surface area (Å²) in [7, 11) is 1.49. The van der Waals surface area contributed by atoms with Crippen molar-refractivity contribution in [1.82, 2.24) is 4.98 Å². The smallest absolute Gasteiger partial charge is 0.145 e. The first-order valence-electron chi connectivity index (χ1n) is 4.81. The Balaban J connectivity index is 2.64. The Labute approximate surface area is 102 Å². The second kappa shape index (κ2) is 4.59. The first-order valence-corrected chi connectivity index (χ1v) is 5.18. The number of benzene rings is 1. The van der Waals surface area contributed by atoms with Gasteiger partial charge in [-0.2, -0.15) is 0 Å². The van der Waals surface area contributed by atoms with Crippen molar-refractivity contribution in [1.29, 1.82) is 0 Å². The van der Waals surface area contributed by atoms with Crippen LogP contribution in [-0.2, 0) is 0 Å². The maximum Gasteiger partial charge on any atom is 0.145 e. The van der Waals surface area contributed by atoms with Crippen LogP contribution in [0, 0.1) is 5.82 Å². The molecule has 0 saturated carbocycles. The third-order valence-corrected chi connectivity index (χ3v) is 2.57. The van der Waals surface area contributed by atoms with Crippen molar-refractivity contribution in [2.75, 3.05) is 7.11 Å². The number of ether oxygens (including phenoxy) is 1. The van der Waals surface area contributed by atoms with Gasteiger partial charge in [0.05, 0.1) is 12.1 Å². The van der Waals surface area contributed by atoms with E-state index in [1.807, 2.05) is 0 Å². The molecule has 0 aliphatic heterocycles. The fourth-order valence-corrected chi connectivity index (χ4v) is 1.65. The highest BCUT2D eigenvalue weighted by Crippen LogP contribution is 2.36. The van der Waals surface area contributed by atoms with E-state index in [9.17, 15) is 9.50 Å². The van der Waals surface area contributed by atoms with Gasteiger partial charge in [0.2, 0.25) is 0 Å². The van der Waals surface area contributed by atoms with Crippen LogP contribution < -0.4 is 4.74 Å². The van der Waals surface area contributed by atoms with E-state index < -0.39 is 5.82 Å². The molecule has 0 fully saturated rings. The van der Waals surface area contributed by atoms with Crippen molar-refractivity contribution >= 4 is 11.6 Å². The molecule has 1 N–H and O–H groups in total. The number of aromatic hydroxyl groups is 1. The minimum Gasteiger partial charge on any atom is -0.507 e. The van der Waals surface area contributed by atoms with Crippen molar-refractivity contribution < 1.29 is 14.2 Å². The van der Waals surface area contributed by atoms with Gasteiger partial charge >= 0.3 is 0 Å². The molecule has 3 nitrogen and oxygen atoms in total. The molecule has 1 aromatic heterocycles. The fourth-order valence-electron chi connectivity index (χ4n) is 1.48. The van der Waals surface area contributed by atoms with Crippen LogP contribution >= 0.6 is 11.6 Å². The fraction of sp³-hybridized carbons (Fsp3) is 0.0833. The summed E-state index contributed by atoms with van der Waals surface area (Å²) in [5.41, 5.74) is 0.739. The van der Waals surface area contributed by atoms with Crippen LogP contribution in [-0.4, -0.2) is 17.2 Å². The summed E-state index contributed by atoms with van der Waals surface area (Å²) in [5.74, 6) is -0.433. The Hall–Kier alpha value is -1.81. The van der Waals surface area contributed by atoms with Crippen LogP contribution in [0.25, 0.3) is 11.3 Å². The van der Waals surface area contributed by atoms with E-state index >= 15 is 0 Å². The highest BCUT2D eigenvalue weighted by atomic mass is 35.5. The summed E-state index contributed by atoms with van der Waals surface area (Å²) in [5, 5.41) is 9.62. The Morgan fingerprint density at radius 3 is 2.88 bits per heavy atom. The summed E-state index contributed by atoms with van der Waals surface area (Å²) in [6.45, 7) is 0. The molecule has 0 bridgehead atoms. The van der Waals surface area contributed by atoms with E-state index in [4.69, 9.17) is 16.3 Å². The van der Waals surface area contributed by atoms with Gasteiger partial charge in [0.25, 0.3) is 0 Å². The van der Waals surface area contributed by atoms with E-state index in [0.717, 1.165) is 6.07 Å². The molecule has 0 aliphatic carbocycles. The van der Waals surface area contributed by atoms with E-state index in [1.54, 1.807) is 18.3 Å². The van der Waals surface area contributed by atoms with Crippen LogP contribution in [0.1, 0.15) is 0 Å². The lowest BCUT2D eigenvalue weighted by Crippen LogP contribution is -1.92. The van der Waals surface area contributed by atoms with E-state index in [0.29, 0.717) is 17.0 Å². The second-order valence-electron chi connectivity index (χ2n) is 3.34. The van der Waals surface area contributed by atoms with Crippen LogP contribution in [0.3, 0.4) is 0 Å². The quantitative estimate of drug-likeness (QED) is 0.893.